The third-order valence-corrected chi connectivity index (χ3v) is 8.18. The van der Waals surface area contributed by atoms with Crippen molar-refractivity contribution in [2.45, 2.75) is 30.9 Å². The zero-order valence-corrected chi connectivity index (χ0v) is 23.2. The summed E-state index contributed by atoms with van der Waals surface area (Å²) in [5.74, 6) is 0.607. The van der Waals surface area contributed by atoms with Crippen molar-refractivity contribution in [2.24, 2.45) is 0 Å². The van der Waals surface area contributed by atoms with Gasteiger partial charge < -0.3 is 19.1 Å². The van der Waals surface area contributed by atoms with Crippen molar-refractivity contribution < 1.29 is 28.6 Å². The highest BCUT2D eigenvalue weighted by Crippen LogP contribution is 2.40. The van der Waals surface area contributed by atoms with Gasteiger partial charge in [-0.1, -0.05) is 24.0 Å². The normalized spacial score (nSPS) is 17.7. The van der Waals surface area contributed by atoms with E-state index in [1.165, 1.54) is 50.5 Å². The summed E-state index contributed by atoms with van der Waals surface area (Å²) in [5, 5.41) is -0.530. The molecule has 200 valence electrons. The number of likely N-dealkylation sites (tertiary alicyclic amines) is 1. The lowest BCUT2D eigenvalue weighted by molar-refractivity contribution is -0.121. The Bertz CT molecular complexity index is 1250. The van der Waals surface area contributed by atoms with Crippen LogP contribution in [-0.2, 0) is 9.59 Å². The van der Waals surface area contributed by atoms with Gasteiger partial charge >= 0.3 is 0 Å². The van der Waals surface area contributed by atoms with Crippen LogP contribution in [0.2, 0.25) is 0 Å². The van der Waals surface area contributed by atoms with Crippen LogP contribution in [0.1, 0.15) is 41.6 Å². The molecule has 2 aliphatic heterocycles. The van der Waals surface area contributed by atoms with E-state index in [9.17, 15) is 14.4 Å². The Morgan fingerprint density at radius 1 is 0.947 bits per heavy atom. The number of nitrogens with zero attached hydrogens (tertiary/aromatic N) is 2. The van der Waals surface area contributed by atoms with E-state index in [0.717, 1.165) is 25.9 Å². The lowest BCUT2D eigenvalue weighted by Gasteiger charge is -2.29. The fourth-order valence-corrected chi connectivity index (χ4v) is 6.07. The molecule has 38 heavy (non-hydrogen) atoms. The first kappa shape index (κ1) is 27.7. The van der Waals surface area contributed by atoms with Crippen LogP contribution >= 0.6 is 24.0 Å². The average molecular weight is 555 g/mol. The molecule has 2 saturated heterocycles. The van der Waals surface area contributed by atoms with Gasteiger partial charge in [0.2, 0.25) is 17.6 Å². The second kappa shape index (κ2) is 12.4. The number of hydrogen-bond donors (Lipinski definition) is 0. The van der Waals surface area contributed by atoms with Gasteiger partial charge in [0.05, 0.1) is 27.0 Å². The largest absolute Gasteiger partial charge is 0.493 e. The van der Waals surface area contributed by atoms with E-state index in [4.69, 9.17) is 26.4 Å². The molecule has 0 radical (unpaired) electrons. The number of methoxy groups -OCH3 is 3. The summed E-state index contributed by atoms with van der Waals surface area (Å²) in [7, 11) is 4.56. The fourth-order valence-electron chi connectivity index (χ4n) is 4.53. The number of ether oxygens (including phenoxy) is 3. The summed E-state index contributed by atoms with van der Waals surface area (Å²) >= 11 is 6.85. The molecule has 1 atom stereocenters. The van der Waals surface area contributed by atoms with Gasteiger partial charge in [-0.15, -0.1) is 0 Å². The lowest BCUT2D eigenvalue weighted by atomic mass is 10.1. The number of benzene rings is 2. The van der Waals surface area contributed by atoms with Gasteiger partial charge in [-0.3, -0.25) is 14.4 Å². The highest BCUT2D eigenvalue weighted by molar-refractivity contribution is 8.23. The molecule has 0 aromatic heterocycles. The number of thiocarbonyl (C=S) groups is 1. The van der Waals surface area contributed by atoms with Crippen LogP contribution in [0.4, 0.5) is 5.69 Å². The van der Waals surface area contributed by atoms with E-state index in [1.54, 1.807) is 42.5 Å². The number of piperidine rings is 1. The minimum atomic E-state index is -0.530. The number of thioether (sulfide) groups is 1. The first-order valence-corrected chi connectivity index (χ1v) is 13.6. The van der Waals surface area contributed by atoms with E-state index in [0.29, 0.717) is 38.4 Å². The lowest BCUT2D eigenvalue weighted by Crippen LogP contribution is -2.35. The predicted molar refractivity (Wildman–Crippen MR) is 152 cm³/mol. The van der Waals surface area contributed by atoms with Crippen LogP contribution in [0, 0.1) is 0 Å². The number of carbonyl (C=O) groups excluding carboxylic acids is 3. The Morgan fingerprint density at radius 2 is 1.63 bits per heavy atom. The molecule has 4 rings (SSSR count). The molecule has 2 fully saturated rings. The second-order valence-electron chi connectivity index (χ2n) is 8.86. The molecule has 1 unspecified atom stereocenters. The first-order valence-electron chi connectivity index (χ1n) is 12.3. The van der Waals surface area contributed by atoms with Gasteiger partial charge in [0, 0.05) is 30.6 Å². The van der Waals surface area contributed by atoms with Crippen LogP contribution in [0.15, 0.2) is 42.5 Å². The molecule has 2 aromatic rings. The number of amides is 2. The molecule has 10 heteroatoms. The summed E-state index contributed by atoms with van der Waals surface area (Å²) < 4.78 is 16.8. The van der Waals surface area contributed by atoms with E-state index < -0.39 is 5.25 Å². The molecular formula is C28H30N2O6S2. The maximum absolute atomic E-state index is 13.1. The smallest absolute Gasteiger partial charge is 0.247 e. The van der Waals surface area contributed by atoms with E-state index in [-0.39, 0.29) is 24.0 Å². The summed E-state index contributed by atoms with van der Waals surface area (Å²) in [6.45, 7) is 1.79. The molecule has 2 aliphatic rings. The molecule has 2 amide bonds. The highest BCUT2D eigenvalue weighted by Gasteiger charge is 2.41. The zero-order chi connectivity index (χ0) is 27.2. The third-order valence-electron chi connectivity index (χ3n) is 6.52. The van der Waals surface area contributed by atoms with Crippen molar-refractivity contribution >= 4 is 57.7 Å². The number of ketones is 1. The molecule has 0 aliphatic carbocycles. The predicted octanol–water partition coefficient (Wildman–Crippen LogP) is 4.74. The topological polar surface area (TPSA) is 85.4 Å². The first-order chi connectivity index (χ1) is 18.4. The number of anilines is 1. The fraction of sp³-hybridized carbons (Fsp3) is 0.357. The molecule has 2 heterocycles. The van der Waals surface area contributed by atoms with Gasteiger partial charge in [0.25, 0.3) is 0 Å². The highest BCUT2D eigenvalue weighted by atomic mass is 32.2. The number of hydrogen-bond acceptors (Lipinski definition) is 8. The number of imide groups is 1. The molecule has 8 nitrogen and oxygen atoms in total. The Balaban J connectivity index is 1.44. The summed E-state index contributed by atoms with van der Waals surface area (Å²) in [6, 6.07) is 9.94. The van der Waals surface area contributed by atoms with Crippen LogP contribution in [0.5, 0.6) is 17.2 Å². The number of rotatable bonds is 8. The Kier molecular flexibility index (Phi) is 9.06. The minimum absolute atomic E-state index is 0.105. The molecule has 0 spiro atoms. The van der Waals surface area contributed by atoms with Gasteiger partial charge in [0.1, 0.15) is 9.57 Å². The van der Waals surface area contributed by atoms with Crippen molar-refractivity contribution in [1.82, 2.24) is 4.90 Å². The third kappa shape index (κ3) is 5.86. The maximum atomic E-state index is 13.1. The Morgan fingerprint density at radius 3 is 2.26 bits per heavy atom. The molecule has 0 saturated carbocycles. The second-order valence-corrected chi connectivity index (χ2v) is 10.7. The standard InChI is InChI=1S/C28H30N2O6S2/c1-34-22-14-10-19(25(35-2)26(22)36-3)9-13-21(31)18-7-11-20(12-8-18)30-24(32)17-23(27(30)33)38-28(37)29-15-5-4-6-16-29/h7-14,23H,4-6,15-17H2,1-3H3. The quantitative estimate of drug-likeness (QED) is 0.199. The summed E-state index contributed by atoms with van der Waals surface area (Å²) in [6.07, 6.45) is 6.54. The van der Waals surface area contributed by atoms with Gasteiger partial charge in [0.15, 0.2) is 17.3 Å². The Hall–Kier alpha value is -3.37. The summed E-state index contributed by atoms with van der Waals surface area (Å²) in [4.78, 5) is 41.9. The van der Waals surface area contributed by atoms with Crippen LogP contribution in [0.3, 0.4) is 0 Å². The molecule has 2 aromatic carbocycles. The van der Waals surface area contributed by atoms with Crippen molar-refractivity contribution in [2.75, 3.05) is 39.3 Å². The van der Waals surface area contributed by atoms with Crippen LogP contribution in [-0.4, -0.2) is 66.5 Å². The van der Waals surface area contributed by atoms with Gasteiger partial charge in [-0.2, -0.15) is 0 Å². The van der Waals surface area contributed by atoms with Crippen molar-refractivity contribution in [3.8, 4) is 17.2 Å². The minimum Gasteiger partial charge on any atom is -0.493 e. The van der Waals surface area contributed by atoms with Crippen molar-refractivity contribution in [3.05, 3.63) is 53.6 Å². The van der Waals surface area contributed by atoms with E-state index in [2.05, 4.69) is 4.90 Å². The summed E-state index contributed by atoms with van der Waals surface area (Å²) in [5.41, 5.74) is 1.50. The SMILES string of the molecule is COc1ccc(C=CC(=O)c2ccc(N3C(=O)CC(SC(=S)N4CCCCC4)C3=O)cc2)c(OC)c1OC. The monoisotopic (exact) mass is 554 g/mol. The zero-order valence-electron chi connectivity index (χ0n) is 21.6. The van der Waals surface area contributed by atoms with E-state index >= 15 is 0 Å². The molecule has 0 bridgehead atoms. The van der Waals surface area contributed by atoms with E-state index in [1.807, 2.05) is 0 Å². The van der Waals surface area contributed by atoms with Crippen molar-refractivity contribution in [3.63, 3.8) is 0 Å². The van der Waals surface area contributed by atoms with Gasteiger partial charge in [-0.05, 0) is 67.8 Å². The maximum Gasteiger partial charge on any atom is 0.247 e. The van der Waals surface area contributed by atoms with Gasteiger partial charge in [-0.25, -0.2) is 4.90 Å². The Labute approximate surface area is 231 Å². The number of carbonyl (C=O) groups is 3. The average Bonchev–Trinajstić information content (AvgIpc) is 3.23. The molecular weight excluding hydrogens is 524 g/mol. The van der Waals surface area contributed by atoms with Crippen molar-refractivity contribution in [1.29, 1.82) is 0 Å². The van der Waals surface area contributed by atoms with Crippen LogP contribution in [0.25, 0.3) is 6.08 Å². The molecule has 0 N–H and O–H groups in total. The number of allylic oxidation sites excluding steroid dienone is 1. The van der Waals surface area contributed by atoms with Crippen LogP contribution < -0.4 is 19.1 Å².